The number of ether oxygens (including phenoxy) is 1. The second kappa shape index (κ2) is 6.06. The van der Waals surface area contributed by atoms with E-state index in [0.29, 0.717) is 17.9 Å². The molecule has 0 aromatic heterocycles. The number of carbonyl (C=O) groups is 1. The van der Waals surface area contributed by atoms with Crippen LogP contribution in [0, 0.1) is 0 Å². The molecular formula is C12H17NO2. The SMILES string of the molecule is CCCCCC(=O)Oc1cccc(N)c1. The molecule has 0 aliphatic rings. The van der Waals surface area contributed by atoms with Crippen LogP contribution in [0.25, 0.3) is 0 Å². The normalized spacial score (nSPS) is 9.93. The maximum absolute atomic E-state index is 11.3. The fraction of sp³-hybridized carbons (Fsp3) is 0.417. The van der Waals surface area contributed by atoms with E-state index in [0.717, 1.165) is 19.3 Å². The van der Waals surface area contributed by atoms with Gasteiger partial charge in [0.05, 0.1) is 0 Å². The summed E-state index contributed by atoms with van der Waals surface area (Å²) in [6, 6.07) is 6.91. The van der Waals surface area contributed by atoms with Crippen LogP contribution in [-0.4, -0.2) is 5.97 Å². The standard InChI is InChI=1S/C12H17NO2/c1-2-3-4-8-12(14)15-11-7-5-6-10(13)9-11/h5-7,9H,2-4,8,13H2,1H3. The summed E-state index contributed by atoms with van der Waals surface area (Å²) in [6.45, 7) is 2.10. The Kier molecular flexibility index (Phi) is 4.68. The summed E-state index contributed by atoms with van der Waals surface area (Å²) < 4.78 is 5.12. The van der Waals surface area contributed by atoms with Crippen molar-refractivity contribution in [1.29, 1.82) is 0 Å². The number of hydrogen-bond acceptors (Lipinski definition) is 3. The summed E-state index contributed by atoms with van der Waals surface area (Å²) in [5, 5.41) is 0. The van der Waals surface area contributed by atoms with Crippen molar-refractivity contribution in [3.8, 4) is 5.75 Å². The zero-order chi connectivity index (χ0) is 11.1. The Morgan fingerprint density at radius 3 is 2.87 bits per heavy atom. The van der Waals surface area contributed by atoms with Crippen LogP contribution in [0.15, 0.2) is 24.3 Å². The first kappa shape index (κ1) is 11.6. The van der Waals surface area contributed by atoms with Gasteiger partial charge in [-0.3, -0.25) is 4.79 Å². The molecule has 0 atom stereocenters. The number of esters is 1. The molecule has 0 bridgehead atoms. The summed E-state index contributed by atoms with van der Waals surface area (Å²) in [5.74, 6) is 0.338. The molecule has 15 heavy (non-hydrogen) atoms. The summed E-state index contributed by atoms with van der Waals surface area (Å²) in [7, 11) is 0. The van der Waals surface area contributed by atoms with Gasteiger partial charge in [-0.05, 0) is 18.6 Å². The molecule has 1 rings (SSSR count). The highest BCUT2D eigenvalue weighted by molar-refractivity contribution is 5.72. The van der Waals surface area contributed by atoms with Crippen molar-refractivity contribution in [2.75, 3.05) is 5.73 Å². The molecule has 0 spiro atoms. The largest absolute Gasteiger partial charge is 0.426 e. The van der Waals surface area contributed by atoms with E-state index in [9.17, 15) is 4.79 Å². The van der Waals surface area contributed by atoms with Crippen molar-refractivity contribution in [2.45, 2.75) is 32.6 Å². The van der Waals surface area contributed by atoms with Gasteiger partial charge in [0.15, 0.2) is 0 Å². The van der Waals surface area contributed by atoms with Crippen LogP contribution in [0.3, 0.4) is 0 Å². The molecular weight excluding hydrogens is 190 g/mol. The minimum Gasteiger partial charge on any atom is -0.426 e. The molecule has 2 N–H and O–H groups in total. The van der Waals surface area contributed by atoms with E-state index >= 15 is 0 Å². The number of anilines is 1. The molecule has 0 aliphatic heterocycles. The molecule has 1 aromatic carbocycles. The van der Waals surface area contributed by atoms with E-state index in [1.54, 1.807) is 24.3 Å². The fourth-order valence-electron chi connectivity index (χ4n) is 1.28. The number of carbonyl (C=O) groups excluding carboxylic acids is 1. The summed E-state index contributed by atoms with van der Waals surface area (Å²) in [6.07, 6.45) is 3.53. The lowest BCUT2D eigenvalue weighted by Crippen LogP contribution is -2.07. The van der Waals surface area contributed by atoms with E-state index in [2.05, 4.69) is 6.92 Å². The van der Waals surface area contributed by atoms with E-state index in [4.69, 9.17) is 10.5 Å². The Morgan fingerprint density at radius 2 is 2.20 bits per heavy atom. The monoisotopic (exact) mass is 207 g/mol. The lowest BCUT2D eigenvalue weighted by Gasteiger charge is -2.04. The molecule has 0 fully saturated rings. The summed E-state index contributed by atoms with van der Waals surface area (Å²) >= 11 is 0. The first-order valence-corrected chi connectivity index (χ1v) is 5.28. The van der Waals surface area contributed by atoms with Crippen molar-refractivity contribution < 1.29 is 9.53 Å². The summed E-state index contributed by atoms with van der Waals surface area (Å²) in [4.78, 5) is 11.3. The highest BCUT2D eigenvalue weighted by Crippen LogP contribution is 2.15. The maximum atomic E-state index is 11.3. The van der Waals surface area contributed by atoms with Crippen molar-refractivity contribution in [3.05, 3.63) is 24.3 Å². The quantitative estimate of drug-likeness (QED) is 0.349. The third-order valence-corrected chi connectivity index (χ3v) is 2.07. The van der Waals surface area contributed by atoms with Crippen molar-refractivity contribution in [3.63, 3.8) is 0 Å². The molecule has 0 amide bonds. The molecule has 3 heteroatoms. The predicted molar refractivity (Wildman–Crippen MR) is 60.6 cm³/mol. The van der Waals surface area contributed by atoms with E-state index in [-0.39, 0.29) is 5.97 Å². The van der Waals surface area contributed by atoms with Crippen molar-refractivity contribution >= 4 is 11.7 Å². The van der Waals surface area contributed by atoms with E-state index in [1.807, 2.05) is 0 Å². The fourth-order valence-corrected chi connectivity index (χ4v) is 1.28. The number of rotatable bonds is 5. The molecule has 0 unspecified atom stereocenters. The minimum absolute atomic E-state index is 0.186. The molecule has 0 saturated carbocycles. The zero-order valence-electron chi connectivity index (χ0n) is 9.03. The molecule has 1 aromatic rings. The van der Waals surface area contributed by atoms with Gasteiger partial charge in [0, 0.05) is 18.2 Å². The minimum atomic E-state index is -0.186. The number of unbranched alkanes of at least 4 members (excludes halogenated alkanes) is 2. The Bertz CT molecular complexity index is 323. The van der Waals surface area contributed by atoms with Crippen LogP contribution < -0.4 is 10.5 Å². The van der Waals surface area contributed by atoms with Crippen LogP contribution in [-0.2, 0) is 4.79 Å². The third kappa shape index (κ3) is 4.49. The Hall–Kier alpha value is -1.51. The number of nitrogens with two attached hydrogens (primary N) is 1. The second-order valence-corrected chi connectivity index (χ2v) is 3.50. The molecule has 0 radical (unpaired) electrons. The first-order chi connectivity index (χ1) is 7.22. The zero-order valence-corrected chi connectivity index (χ0v) is 9.03. The van der Waals surface area contributed by atoms with Gasteiger partial charge in [-0.2, -0.15) is 0 Å². The van der Waals surface area contributed by atoms with Gasteiger partial charge in [-0.1, -0.05) is 25.8 Å². The van der Waals surface area contributed by atoms with Crippen LogP contribution in [0.1, 0.15) is 32.6 Å². The van der Waals surface area contributed by atoms with Gasteiger partial charge in [-0.25, -0.2) is 0 Å². The van der Waals surface area contributed by atoms with E-state index < -0.39 is 0 Å². The molecule has 0 heterocycles. The lowest BCUT2D eigenvalue weighted by molar-refractivity contribution is -0.134. The van der Waals surface area contributed by atoms with Crippen LogP contribution in [0.4, 0.5) is 5.69 Å². The Labute approximate surface area is 90.2 Å². The van der Waals surface area contributed by atoms with Crippen LogP contribution in [0.2, 0.25) is 0 Å². The van der Waals surface area contributed by atoms with E-state index in [1.165, 1.54) is 0 Å². The second-order valence-electron chi connectivity index (χ2n) is 3.50. The molecule has 3 nitrogen and oxygen atoms in total. The average molecular weight is 207 g/mol. The number of hydrogen-bond donors (Lipinski definition) is 1. The molecule has 82 valence electrons. The smallest absolute Gasteiger partial charge is 0.311 e. The highest BCUT2D eigenvalue weighted by Gasteiger charge is 2.03. The Balaban J connectivity index is 2.37. The van der Waals surface area contributed by atoms with Crippen molar-refractivity contribution in [2.24, 2.45) is 0 Å². The summed E-state index contributed by atoms with van der Waals surface area (Å²) in [5.41, 5.74) is 6.17. The number of benzene rings is 1. The van der Waals surface area contributed by atoms with Gasteiger partial charge in [-0.15, -0.1) is 0 Å². The van der Waals surface area contributed by atoms with Crippen molar-refractivity contribution in [1.82, 2.24) is 0 Å². The predicted octanol–water partition coefficient (Wildman–Crippen LogP) is 2.75. The topological polar surface area (TPSA) is 52.3 Å². The van der Waals surface area contributed by atoms with Gasteiger partial charge < -0.3 is 10.5 Å². The lowest BCUT2D eigenvalue weighted by atomic mass is 10.2. The third-order valence-electron chi connectivity index (χ3n) is 2.07. The van der Waals surface area contributed by atoms with Gasteiger partial charge in [0.2, 0.25) is 0 Å². The average Bonchev–Trinajstić information content (AvgIpc) is 2.18. The Morgan fingerprint density at radius 1 is 1.40 bits per heavy atom. The highest BCUT2D eigenvalue weighted by atomic mass is 16.5. The van der Waals surface area contributed by atoms with Gasteiger partial charge in [0.1, 0.15) is 5.75 Å². The maximum Gasteiger partial charge on any atom is 0.311 e. The van der Waals surface area contributed by atoms with Crippen LogP contribution >= 0.6 is 0 Å². The molecule has 0 aliphatic carbocycles. The van der Waals surface area contributed by atoms with Gasteiger partial charge in [0.25, 0.3) is 0 Å². The van der Waals surface area contributed by atoms with Crippen LogP contribution in [0.5, 0.6) is 5.75 Å². The number of nitrogen functional groups attached to an aromatic ring is 1. The van der Waals surface area contributed by atoms with Gasteiger partial charge >= 0.3 is 5.97 Å². The molecule has 0 saturated heterocycles. The first-order valence-electron chi connectivity index (χ1n) is 5.28.